The molecule has 2 atom stereocenters. The van der Waals surface area contributed by atoms with Crippen LogP contribution in [0, 0.1) is 5.41 Å². The van der Waals surface area contributed by atoms with Gasteiger partial charge in [-0.2, -0.15) is 5.10 Å². The zero-order valence-electron chi connectivity index (χ0n) is 12.2. The molecule has 1 N–H and O–H groups in total. The van der Waals surface area contributed by atoms with Crippen molar-refractivity contribution in [1.82, 2.24) is 15.1 Å². The summed E-state index contributed by atoms with van der Waals surface area (Å²) in [7, 11) is 3.82. The van der Waals surface area contributed by atoms with E-state index < -0.39 is 0 Å². The van der Waals surface area contributed by atoms with Crippen molar-refractivity contribution in [2.24, 2.45) is 12.5 Å². The minimum atomic E-state index is 0.223. The summed E-state index contributed by atoms with van der Waals surface area (Å²) >= 11 is 0. The molecule has 1 saturated carbocycles. The van der Waals surface area contributed by atoms with Gasteiger partial charge in [-0.25, -0.2) is 0 Å². The van der Waals surface area contributed by atoms with E-state index in [-0.39, 0.29) is 5.41 Å². The van der Waals surface area contributed by atoms with Gasteiger partial charge in [-0.05, 0) is 18.9 Å². The summed E-state index contributed by atoms with van der Waals surface area (Å²) < 4.78 is 7.45. The van der Waals surface area contributed by atoms with Crippen LogP contribution in [-0.4, -0.2) is 29.0 Å². The zero-order valence-corrected chi connectivity index (χ0v) is 12.2. The topological polar surface area (TPSA) is 39.1 Å². The number of hydrogen-bond donors (Lipinski definition) is 1. The second kappa shape index (κ2) is 5.02. The van der Waals surface area contributed by atoms with Gasteiger partial charge >= 0.3 is 0 Å². The third kappa shape index (κ3) is 2.31. The second-order valence-electron chi connectivity index (χ2n) is 5.82. The lowest BCUT2D eigenvalue weighted by molar-refractivity contribution is -0.0980. The Kier molecular flexibility index (Phi) is 3.78. The van der Waals surface area contributed by atoms with Gasteiger partial charge in [0, 0.05) is 32.2 Å². The normalized spacial score (nSPS) is 26.1. The molecule has 4 nitrogen and oxygen atoms in total. The molecule has 102 valence electrons. The highest BCUT2D eigenvalue weighted by atomic mass is 16.5. The minimum Gasteiger partial charge on any atom is -0.381 e. The van der Waals surface area contributed by atoms with Crippen LogP contribution in [0.15, 0.2) is 6.07 Å². The Bertz CT molecular complexity index is 411. The van der Waals surface area contributed by atoms with E-state index in [4.69, 9.17) is 4.74 Å². The molecule has 1 aromatic rings. The van der Waals surface area contributed by atoms with Crippen molar-refractivity contribution in [3.63, 3.8) is 0 Å². The maximum absolute atomic E-state index is 5.47. The highest BCUT2D eigenvalue weighted by Gasteiger charge is 2.48. The number of methoxy groups -OCH3 is 1. The van der Waals surface area contributed by atoms with Crippen molar-refractivity contribution in [3.8, 4) is 0 Å². The van der Waals surface area contributed by atoms with E-state index in [2.05, 4.69) is 37.3 Å². The first-order chi connectivity index (χ1) is 8.48. The summed E-state index contributed by atoms with van der Waals surface area (Å²) in [5.41, 5.74) is 2.64. The van der Waals surface area contributed by atoms with Crippen LogP contribution in [-0.2, 0) is 24.8 Å². The van der Waals surface area contributed by atoms with Crippen molar-refractivity contribution < 1.29 is 4.74 Å². The Morgan fingerprint density at radius 1 is 1.56 bits per heavy atom. The molecule has 0 amide bonds. The quantitative estimate of drug-likeness (QED) is 0.868. The van der Waals surface area contributed by atoms with E-state index in [1.807, 2.05) is 11.7 Å². The zero-order chi connectivity index (χ0) is 13.3. The molecule has 4 heteroatoms. The first kappa shape index (κ1) is 13.6. The van der Waals surface area contributed by atoms with Gasteiger partial charge in [-0.1, -0.05) is 20.8 Å². The van der Waals surface area contributed by atoms with E-state index in [1.165, 1.54) is 5.69 Å². The average Bonchev–Trinajstić information content (AvgIpc) is 2.69. The molecule has 0 aromatic carbocycles. The predicted octanol–water partition coefficient (Wildman–Crippen LogP) is 1.89. The van der Waals surface area contributed by atoms with Crippen molar-refractivity contribution >= 4 is 0 Å². The molecule has 1 aliphatic rings. The lowest BCUT2D eigenvalue weighted by atomic mass is 9.64. The molecular formula is C14H25N3O. The maximum Gasteiger partial charge on any atom is 0.0652 e. The van der Waals surface area contributed by atoms with Gasteiger partial charge in [-0.3, -0.25) is 4.68 Å². The molecule has 1 fully saturated rings. The fourth-order valence-corrected chi connectivity index (χ4v) is 2.77. The first-order valence-corrected chi connectivity index (χ1v) is 6.77. The molecule has 0 radical (unpaired) electrons. The van der Waals surface area contributed by atoms with E-state index in [0.29, 0.717) is 12.1 Å². The van der Waals surface area contributed by atoms with Crippen molar-refractivity contribution in [2.75, 3.05) is 7.11 Å². The van der Waals surface area contributed by atoms with Gasteiger partial charge in [0.15, 0.2) is 0 Å². The number of hydrogen-bond acceptors (Lipinski definition) is 3. The number of aryl methyl sites for hydroxylation is 2. The molecular weight excluding hydrogens is 226 g/mol. The van der Waals surface area contributed by atoms with Gasteiger partial charge < -0.3 is 10.1 Å². The molecule has 2 rings (SSSR count). The van der Waals surface area contributed by atoms with Crippen LogP contribution in [0.25, 0.3) is 0 Å². The van der Waals surface area contributed by atoms with Crippen LogP contribution >= 0.6 is 0 Å². The van der Waals surface area contributed by atoms with E-state index in [1.54, 1.807) is 7.11 Å². The monoisotopic (exact) mass is 251 g/mol. The predicted molar refractivity (Wildman–Crippen MR) is 72.4 cm³/mol. The van der Waals surface area contributed by atoms with Crippen LogP contribution in [0.4, 0.5) is 0 Å². The maximum atomic E-state index is 5.47. The van der Waals surface area contributed by atoms with Crippen LogP contribution < -0.4 is 5.32 Å². The van der Waals surface area contributed by atoms with E-state index in [9.17, 15) is 0 Å². The fraction of sp³-hybridized carbons (Fsp3) is 0.786. The second-order valence-corrected chi connectivity index (χ2v) is 5.82. The molecule has 2 unspecified atom stereocenters. The third-order valence-corrected chi connectivity index (χ3v) is 4.38. The molecule has 0 aliphatic heterocycles. The molecule has 0 spiro atoms. The van der Waals surface area contributed by atoms with Gasteiger partial charge in [0.1, 0.15) is 0 Å². The number of nitrogens with one attached hydrogen (secondary N) is 1. The third-order valence-electron chi connectivity index (χ3n) is 4.38. The highest BCUT2D eigenvalue weighted by molar-refractivity contribution is 5.11. The molecule has 0 bridgehead atoms. The van der Waals surface area contributed by atoms with Crippen LogP contribution in [0.5, 0.6) is 0 Å². The highest BCUT2D eigenvalue weighted by Crippen LogP contribution is 2.42. The number of ether oxygens (including phenoxy) is 1. The van der Waals surface area contributed by atoms with Gasteiger partial charge in [0.2, 0.25) is 0 Å². The number of nitrogens with zero attached hydrogens (tertiary/aromatic N) is 2. The fourth-order valence-electron chi connectivity index (χ4n) is 2.77. The summed E-state index contributed by atoms with van der Waals surface area (Å²) in [5.74, 6) is 0. The minimum absolute atomic E-state index is 0.223. The van der Waals surface area contributed by atoms with Gasteiger partial charge in [0.05, 0.1) is 17.5 Å². The summed E-state index contributed by atoms with van der Waals surface area (Å²) in [6.45, 7) is 7.55. The Morgan fingerprint density at radius 2 is 2.28 bits per heavy atom. The van der Waals surface area contributed by atoms with Gasteiger partial charge in [-0.15, -0.1) is 0 Å². The lowest BCUT2D eigenvalue weighted by Crippen LogP contribution is -2.60. The molecule has 18 heavy (non-hydrogen) atoms. The summed E-state index contributed by atoms with van der Waals surface area (Å²) in [4.78, 5) is 0. The summed E-state index contributed by atoms with van der Waals surface area (Å²) in [5, 5.41) is 8.10. The molecule has 1 aliphatic carbocycles. The number of aromatic nitrogens is 2. The summed E-state index contributed by atoms with van der Waals surface area (Å²) in [6, 6.07) is 2.72. The largest absolute Gasteiger partial charge is 0.381 e. The molecule has 0 saturated heterocycles. The van der Waals surface area contributed by atoms with Crippen LogP contribution in [0.1, 0.15) is 38.6 Å². The summed E-state index contributed by atoms with van der Waals surface area (Å²) in [6.07, 6.45) is 2.48. The standard InChI is InChI=1S/C14H25N3O/c1-6-10-7-11(17(4)16-10)9-15-12-8-13(18-5)14(12,2)3/h7,12-13,15H,6,8-9H2,1-5H3. The van der Waals surface area contributed by atoms with Crippen molar-refractivity contribution in [2.45, 2.75) is 52.3 Å². The number of rotatable bonds is 5. The first-order valence-electron chi connectivity index (χ1n) is 6.77. The van der Waals surface area contributed by atoms with E-state index in [0.717, 1.165) is 25.1 Å². The van der Waals surface area contributed by atoms with Gasteiger partial charge in [0.25, 0.3) is 0 Å². The Labute approximate surface area is 110 Å². The Balaban J connectivity index is 1.91. The Morgan fingerprint density at radius 3 is 2.78 bits per heavy atom. The lowest BCUT2D eigenvalue weighted by Gasteiger charge is -2.51. The van der Waals surface area contributed by atoms with Crippen molar-refractivity contribution in [1.29, 1.82) is 0 Å². The van der Waals surface area contributed by atoms with E-state index >= 15 is 0 Å². The van der Waals surface area contributed by atoms with Crippen LogP contribution in [0.3, 0.4) is 0 Å². The van der Waals surface area contributed by atoms with Crippen LogP contribution in [0.2, 0.25) is 0 Å². The Hall–Kier alpha value is -0.870. The molecule has 1 heterocycles. The molecule has 1 aromatic heterocycles. The van der Waals surface area contributed by atoms with Crippen molar-refractivity contribution in [3.05, 3.63) is 17.5 Å². The SMILES string of the molecule is CCc1cc(CNC2CC(OC)C2(C)C)n(C)n1. The smallest absolute Gasteiger partial charge is 0.0652 e. The average molecular weight is 251 g/mol.